The number of halogens is 2. The van der Waals surface area contributed by atoms with Crippen molar-refractivity contribution in [1.82, 2.24) is 15.1 Å². The Morgan fingerprint density at radius 1 is 1.18 bits per heavy atom. The summed E-state index contributed by atoms with van der Waals surface area (Å²) in [6.45, 7) is 1.91. The van der Waals surface area contributed by atoms with E-state index in [-0.39, 0.29) is 16.6 Å². The summed E-state index contributed by atoms with van der Waals surface area (Å²) in [5.41, 5.74) is 1.08. The molecule has 1 aliphatic heterocycles. The number of nitrogens with zero attached hydrogens (tertiary/aromatic N) is 3. The molecule has 0 unspecified atom stereocenters. The summed E-state index contributed by atoms with van der Waals surface area (Å²) in [7, 11) is 0. The first-order valence-electron chi connectivity index (χ1n) is 6.81. The lowest BCUT2D eigenvalue weighted by atomic mass is 10.1. The molecule has 2 aromatic rings. The number of ether oxygens (including phenoxy) is 1. The van der Waals surface area contributed by atoms with Crippen molar-refractivity contribution >= 4 is 17.5 Å². The molecule has 0 aliphatic carbocycles. The number of rotatable bonds is 2. The van der Waals surface area contributed by atoms with E-state index in [1.54, 1.807) is 23.1 Å². The van der Waals surface area contributed by atoms with Crippen molar-refractivity contribution in [2.75, 3.05) is 26.3 Å². The Hall–Kier alpha value is -2.05. The summed E-state index contributed by atoms with van der Waals surface area (Å²) in [6, 6.07) is 7.63. The predicted molar refractivity (Wildman–Crippen MR) is 79.2 cm³/mol. The lowest BCUT2D eigenvalue weighted by molar-refractivity contribution is 0.0300. The summed E-state index contributed by atoms with van der Waals surface area (Å²) in [5.74, 6) is -0.903. The van der Waals surface area contributed by atoms with E-state index in [9.17, 15) is 9.18 Å². The highest BCUT2D eigenvalue weighted by Gasteiger charge is 2.21. The highest BCUT2D eigenvalue weighted by Crippen LogP contribution is 2.21. The van der Waals surface area contributed by atoms with Gasteiger partial charge in [-0.25, -0.2) is 4.39 Å². The standard InChI is InChI=1S/C15H13ClFN3O2/c16-14-4-3-13(18-19-14)10-1-2-11(12(17)9-10)15(21)20-5-7-22-8-6-20/h1-4,9H,5-8H2. The molecule has 3 rings (SSSR count). The van der Waals surface area contributed by atoms with E-state index in [1.165, 1.54) is 12.1 Å². The molecule has 0 spiro atoms. The number of carbonyl (C=O) groups excluding carboxylic acids is 1. The molecule has 2 heterocycles. The van der Waals surface area contributed by atoms with E-state index in [0.29, 0.717) is 37.6 Å². The Morgan fingerprint density at radius 3 is 2.59 bits per heavy atom. The summed E-state index contributed by atoms with van der Waals surface area (Å²) in [6.07, 6.45) is 0. The summed E-state index contributed by atoms with van der Waals surface area (Å²) in [4.78, 5) is 13.9. The van der Waals surface area contributed by atoms with E-state index in [1.807, 2.05) is 0 Å². The summed E-state index contributed by atoms with van der Waals surface area (Å²) >= 11 is 5.68. The first-order chi connectivity index (χ1) is 10.6. The number of aromatic nitrogens is 2. The van der Waals surface area contributed by atoms with Crippen LogP contribution in [0.2, 0.25) is 5.15 Å². The molecule has 1 aromatic heterocycles. The molecule has 1 amide bonds. The van der Waals surface area contributed by atoms with E-state index in [2.05, 4.69) is 10.2 Å². The normalized spacial score (nSPS) is 14.9. The van der Waals surface area contributed by atoms with Gasteiger partial charge in [-0.05, 0) is 24.3 Å². The van der Waals surface area contributed by atoms with Gasteiger partial charge >= 0.3 is 0 Å². The summed E-state index contributed by atoms with van der Waals surface area (Å²) in [5, 5.41) is 7.88. The molecule has 5 nitrogen and oxygen atoms in total. The van der Waals surface area contributed by atoms with Crippen molar-refractivity contribution in [1.29, 1.82) is 0 Å². The minimum absolute atomic E-state index is 0.0487. The van der Waals surface area contributed by atoms with Crippen molar-refractivity contribution in [3.8, 4) is 11.3 Å². The molecule has 1 fully saturated rings. The number of amides is 1. The maximum absolute atomic E-state index is 14.3. The quantitative estimate of drug-likeness (QED) is 0.852. The maximum Gasteiger partial charge on any atom is 0.256 e. The Balaban J connectivity index is 1.85. The lowest BCUT2D eigenvalue weighted by Gasteiger charge is -2.27. The van der Waals surface area contributed by atoms with E-state index in [0.717, 1.165) is 0 Å². The van der Waals surface area contributed by atoms with Crippen LogP contribution < -0.4 is 0 Å². The molecule has 1 saturated heterocycles. The van der Waals surface area contributed by atoms with Gasteiger partial charge in [-0.1, -0.05) is 17.7 Å². The second kappa shape index (κ2) is 6.37. The average molecular weight is 322 g/mol. The van der Waals surface area contributed by atoms with Crippen molar-refractivity contribution in [3.05, 3.63) is 46.9 Å². The second-order valence-corrected chi connectivity index (χ2v) is 5.23. The van der Waals surface area contributed by atoms with Crippen LogP contribution in [-0.2, 0) is 4.74 Å². The van der Waals surface area contributed by atoms with Gasteiger partial charge in [0.2, 0.25) is 0 Å². The minimum Gasteiger partial charge on any atom is -0.378 e. The minimum atomic E-state index is -0.578. The highest BCUT2D eigenvalue weighted by atomic mass is 35.5. The van der Waals surface area contributed by atoms with Gasteiger partial charge in [0.1, 0.15) is 5.82 Å². The van der Waals surface area contributed by atoms with Gasteiger partial charge in [0.25, 0.3) is 5.91 Å². The molecule has 22 heavy (non-hydrogen) atoms. The largest absolute Gasteiger partial charge is 0.378 e. The van der Waals surface area contributed by atoms with Gasteiger partial charge in [-0.3, -0.25) is 4.79 Å². The molecule has 0 saturated carbocycles. The molecule has 7 heteroatoms. The fraction of sp³-hybridized carbons (Fsp3) is 0.267. The number of hydrogen-bond acceptors (Lipinski definition) is 4. The van der Waals surface area contributed by atoms with Crippen LogP contribution in [0, 0.1) is 5.82 Å². The van der Waals surface area contributed by atoms with Crippen LogP contribution in [0.3, 0.4) is 0 Å². The van der Waals surface area contributed by atoms with Crippen molar-refractivity contribution in [2.24, 2.45) is 0 Å². The van der Waals surface area contributed by atoms with Crippen LogP contribution in [0.15, 0.2) is 30.3 Å². The fourth-order valence-electron chi connectivity index (χ4n) is 2.25. The smallest absolute Gasteiger partial charge is 0.256 e. The predicted octanol–water partition coefficient (Wildman–Crippen LogP) is 2.41. The third-order valence-corrected chi connectivity index (χ3v) is 3.63. The topological polar surface area (TPSA) is 55.3 Å². The molecule has 1 aromatic carbocycles. The number of hydrogen-bond donors (Lipinski definition) is 0. The molecule has 0 N–H and O–H groups in total. The molecular formula is C15H13ClFN3O2. The van der Waals surface area contributed by atoms with Gasteiger partial charge in [0, 0.05) is 18.7 Å². The molecule has 0 bridgehead atoms. The fourth-order valence-corrected chi connectivity index (χ4v) is 2.36. The molecule has 0 atom stereocenters. The first kappa shape index (κ1) is 14.9. The number of benzene rings is 1. The van der Waals surface area contributed by atoms with Crippen LogP contribution >= 0.6 is 11.6 Å². The van der Waals surface area contributed by atoms with E-state index in [4.69, 9.17) is 16.3 Å². The van der Waals surface area contributed by atoms with Crippen LogP contribution in [0.25, 0.3) is 11.3 Å². The zero-order chi connectivity index (χ0) is 15.5. The van der Waals surface area contributed by atoms with Crippen LogP contribution in [-0.4, -0.2) is 47.3 Å². The highest BCUT2D eigenvalue weighted by molar-refractivity contribution is 6.29. The number of carbonyl (C=O) groups is 1. The van der Waals surface area contributed by atoms with Gasteiger partial charge in [-0.2, -0.15) is 0 Å². The van der Waals surface area contributed by atoms with E-state index < -0.39 is 5.82 Å². The van der Waals surface area contributed by atoms with Gasteiger partial charge in [0.05, 0.1) is 24.5 Å². The second-order valence-electron chi connectivity index (χ2n) is 4.84. The van der Waals surface area contributed by atoms with Crippen molar-refractivity contribution in [2.45, 2.75) is 0 Å². The van der Waals surface area contributed by atoms with Crippen molar-refractivity contribution < 1.29 is 13.9 Å². The average Bonchev–Trinajstić information content (AvgIpc) is 2.56. The Bertz CT molecular complexity index is 688. The third-order valence-electron chi connectivity index (χ3n) is 3.43. The zero-order valence-corrected chi connectivity index (χ0v) is 12.4. The monoisotopic (exact) mass is 321 g/mol. The third kappa shape index (κ3) is 3.08. The molecule has 114 valence electrons. The first-order valence-corrected chi connectivity index (χ1v) is 7.19. The Kier molecular flexibility index (Phi) is 4.31. The van der Waals surface area contributed by atoms with E-state index >= 15 is 0 Å². The number of morpholine rings is 1. The molecule has 0 radical (unpaired) electrons. The lowest BCUT2D eigenvalue weighted by Crippen LogP contribution is -2.41. The van der Waals surface area contributed by atoms with Crippen molar-refractivity contribution in [3.63, 3.8) is 0 Å². The molecule has 1 aliphatic rings. The van der Waals surface area contributed by atoms with Crippen LogP contribution in [0.1, 0.15) is 10.4 Å². The van der Waals surface area contributed by atoms with Crippen LogP contribution in [0.4, 0.5) is 4.39 Å². The molecular weight excluding hydrogens is 309 g/mol. The van der Waals surface area contributed by atoms with Gasteiger partial charge in [-0.15, -0.1) is 10.2 Å². The maximum atomic E-state index is 14.3. The van der Waals surface area contributed by atoms with Crippen LogP contribution in [0.5, 0.6) is 0 Å². The van der Waals surface area contributed by atoms with Gasteiger partial charge < -0.3 is 9.64 Å². The summed E-state index contributed by atoms with van der Waals surface area (Å²) < 4.78 is 19.5. The Morgan fingerprint density at radius 2 is 1.95 bits per heavy atom. The zero-order valence-electron chi connectivity index (χ0n) is 11.6. The van der Waals surface area contributed by atoms with Gasteiger partial charge in [0.15, 0.2) is 5.15 Å². The SMILES string of the molecule is O=C(c1ccc(-c2ccc(Cl)nn2)cc1F)N1CCOCC1. The Labute approximate surface area is 131 Å².